The average molecular weight is 426 g/mol. The van der Waals surface area contributed by atoms with E-state index in [4.69, 9.17) is 5.73 Å². The van der Waals surface area contributed by atoms with E-state index >= 15 is 0 Å². The maximum atomic E-state index is 13.4. The third-order valence-corrected chi connectivity index (χ3v) is 5.10. The fraction of sp³-hybridized carbons (Fsp3) is 0.381. The number of nitrogens with zero attached hydrogens (tertiary/aromatic N) is 4. The first-order valence-corrected chi connectivity index (χ1v) is 10.2. The van der Waals surface area contributed by atoms with Gasteiger partial charge in [0.15, 0.2) is 11.4 Å². The molecule has 2 aromatic heterocycles. The summed E-state index contributed by atoms with van der Waals surface area (Å²) < 4.78 is 2.49. The van der Waals surface area contributed by atoms with Crippen LogP contribution in [0.5, 0.6) is 0 Å². The highest BCUT2D eigenvalue weighted by atomic mass is 16.2. The average Bonchev–Trinajstić information content (AvgIpc) is 2.75. The molecule has 0 spiro atoms. The van der Waals surface area contributed by atoms with Crippen LogP contribution < -0.4 is 27.4 Å². The molecular weight excluding hydrogens is 400 g/mol. The minimum Gasteiger partial charge on any atom is -0.383 e. The third kappa shape index (κ3) is 4.00. The fourth-order valence-electron chi connectivity index (χ4n) is 3.46. The van der Waals surface area contributed by atoms with E-state index in [9.17, 15) is 19.2 Å². The zero-order valence-corrected chi connectivity index (χ0v) is 17.8. The van der Waals surface area contributed by atoms with Gasteiger partial charge in [-0.05, 0) is 18.9 Å². The highest BCUT2D eigenvalue weighted by Crippen LogP contribution is 2.20. The summed E-state index contributed by atoms with van der Waals surface area (Å²) in [5, 5.41) is 5.02. The zero-order chi connectivity index (χ0) is 22.7. The summed E-state index contributed by atoms with van der Waals surface area (Å²) in [6, 6.07) is 6.69. The number of fused-ring (bicyclic) bond motifs is 1. The molecule has 0 unspecified atom stereocenters. The number of benzene rings is 1. The number of hydrogen-bond acceptors (Lipinski definition) is 6. The SMILES string of the molecule is CCCCn1c(N)c(N(C)C(=O)c2nn(CCC)c(=O)c3ccccc23)c(=O)[nH]c1=O. The van der Waals surface area contributed by atoms with Gasteiger partial charge in [0.05, 0.1) is 5.39 Å². The first-order chi connectivity index (χ1) is 14.8. The summed E-state index contributed by atoms with van der Waals surface area (Å²) >= 11 is 0. The quantitative estimate of drug-likeness (QED) is 0.585. The highest BCUT2D eigenvalue weighted by Gasteiger charge is 2.25. The van der Waals surface area contributed by atoms with Gasteiger partial charge < -0.3 is 10.6 Å². The molecule has 0 aliphatic carbocycles. The van der Waals surface area contributed by atoms with Crippen LogP contribution in [-0.4, -0.2) is 32.3 Å². The zero-order valence-electron chi connectivity index (χ0n) is 17.8. The minimum absolute atomic E-state index is 0.0243. The number of unbranched alkanes of at least 4 members (excludes halogenated alkanes) is 1. The van der Waals surface area contributed by atoms with Gasteiger partial charge >= 0.3 is 5.69 Å². The Hall–Kier alpha value is -3.69. The molecule has 1 aromatic carbocycles. The molecule has 0 aliphatic heterocycles. The lowest BCUT2D eigenvalue weighted by atomic mass is 10.1. The molecular formula is C21H26N6O4. The van der Waals surface area contributed by atoms with Crippen LogP contribution in [0.2, 0.25) is 0 Å². The maximum absolute atomic E-state index is 13.4. The van der Waals surface area contributed by atoms with Gasteiger partial charge in [-0.1, -0.05) is 38.5 Å². The van der Waals surface area contributed by atoms with Crippen molar-refractivity contribution in [3.63, 3.8) is 0 Å². The Morgan fingerprint density at radius 2 is 1.77 bits per heavy atom. The largest absolute Gasteiger partial charge is 0.383 e. The fourth-order valence-corrected chi connectivity index (χ4v) is 3.46. The Morgan fingerprint density at radius 1 is 1.10 bits per heavy atom. The van der Waals surface area contributed by atoms with Crippen LogP contribution >= 0.6 is 0 Å². The molecule has 0 saturated carbocycles. The van der Waals surface area contributed by atoms with Crippen molar-refractivity contribution in [2.75, 3.05) is 17.7 Å². The van der Waals surface area contributed by atoms with Gasteiger partial charge in [0.2, 0.25) is 0 Å². The molecule has 3 N–H and O–H groups in total. The molecule has 0 atom stereocenters. The Balaban J connectivity index is 2.18. The van der Waals surface area contributed by atoms with Crippen molar-refractivity contribution in [3.8, 4) is 0 Å². The van der Waals surface area contributed by atoms with Gasteiger partial charge in [0.25, 0.3) is 17.0 Å². The molecule has 3 rings (SSSR count). The second-order valence-electron chi connectivity index (χ2n) is 7.28. The number of anilines is 2. The summed E-state index contributed by atoms with van der Waals surface area (Å²) in [4.78, 5) is 54.1. The second kappa shape index (κ2) is 8.99. The summed E-state index contributed by atoms with van der Waals surface area (Å²) in [7, 11) is 1.39. The summed E-state index contributed by atoms with van der Waals surface area (Å²) in [6.07, 6.45) is 2.16. The molecule has 10 heteroatoms. The number of rotatable bonds is 7. The molecule has 2 heterocycles. The number of amides is 1. The van der Waals surface area contributed by atoms with E-state index in [2.05, 4.69) is 10.1 Å². The van der Waals surface area contributed by atoms with Crippen molar-refractivity contribution in [1.29, 1.82) is 0 Å². The molecule has 0 aliphatic rings. The highest BCUT2D eigenvalue weighted by molar-refractivity contribution is 6.12. The summed E-state index contributed by atoms with van der Waals surface area (Å²) in [6.45, 7) is 4.52. The number of H-pyrrole nitrogens is 1. The Labute approximate surface area is 177 Å². The predicted molar refractivity (Wildman–Crippen MR) is 120 cm³/mol. The molecule has 0 radical (unpaired) electrons. The van der Waals surface area contributed by atoms with E-state index in [1.165, 1.54) is 16.3 Å². The maximum Gasteiger partial charge on any atom is 0.330 e. The third-order valence-electron chi connectivity index (χ3n) is 5.10. The molecule has 0 bridgehead atoms. The first-order valence-electron chi connectivity index (χ1n) is 10.2. The first kappa shape index (κ1) is 22.0. The van der Waals surface area contributed by atoms with Gasteiger partial charge in [-0.3, -0.25) is 23.9 Å². The molecule has 164 valence electrons. The van der Waals surface area contributed by atoms with Gasteiger partial charge in [0, 0.05) is 25.5 Å². The lowest BCUT2D eigenvalue weighted by Gasteiger charge is -2.21. The van der Waals surface area contributed by atoms with Crippen LogP contribution in [0.4, 0.5) is 11.5 Å². The van der Waals surface area contributed by atoms with Crippen molar-refractivity contribution in [3.05, 3.63) is 61.2 Å². The second-order valence-corrected chi connectivity index (χ2v) is 7.28. The van der Waals surface area contributed by atoms with Crippen LogP contribution in [0.15, 0.2) is 38.6 Å². The van der Waals surface area contributed by atoms with Crippen LogP contribution in [0.1, 0.15) is 43.6 Å². The monoisotopic (exact) mass is 426 g/mol. The van der Waals surface area contributed by atoms with Gasteiger partial charge in [-0.2, -0.15) is 5.10 Å². The predicted octanol–water partition coefficient (Wildman–Crippen LogP) is 1.32. The molecule has 31 heavy (non-hydrogen) atoms. The smallest absolute Gasteiger partial charge is 0.330 e. The summed E-state index contributed by atoms with van der Waals surface area (Å²) in [5.74, 6) is -0.705. The van der Waals surface area contributed by atoms with E-state index in [1.54, 1.807) is 24.3 Å². The van der Waals surface area contributed by atoms with E-state index in [0.717, 1.165) is 11.3 Å². The summed E-state index contributed by atoms with van der Waals surface area (Å²) in [5.41, 5.74) is 4.34. The Bertz CT molecular complexity index is 1300. The molecule has 0 fully saturated rings. The number of nitrogens with one attached hydrogen (secondary N) is 1. The Morgan fingerprint density at radius 3 is 2.42 bits per heavy atom. The topological polar surface area (TPSA) is 136 Å². The van der Waals surface area contributed by atoms with Crippen molar-refractivity contribution in [1.82, 2.24) is 19.3 Å². The number of carbonyl (C=O) groups excluding carboxylic acids is 1. The van der Waals surface area contributed by atoms with E-state index in [0.29, 0.717) is 36.7 Å². The van der Waals surface area contributed by atoms with Crippen molar-refractivity contribution in [2.24, 2.45) is 0 Å². The normalized spacial score (nSPS) is 11.1. The lowest BCUT2D eigenvalue weighted by Crippen LogP contribution is -2.40. The number of nitrogens with two attached hydrogens (primary N) is 1. The van der Waals surface area contributed by atoms with Gasteiger partial charge in [-0.15, -0.1) is 0 Å². The molecule has 3 aromatic rings. The van der Waals surface area contributed by atoms with Gasteiger partial charge in [0.1, 0.15) is 5.82 Å². The minimum atomic E-state index is -0.766. The van der Waals surface area contributed by atoms with Crippen molar-refractivity contribution < 1.29 is 4.79 Å². The number of aromatic amines is 1. The standard InChI is InChI=1S/C21H26N6O4/c1-4-6-12-26-17(22)16(18(28)23-21(26)31)25(3)20(30)15-13-9-7-8-10-14(13)19(29)27(24-15)11-5-2/h7-10H,4-6,11-12,22H2,1-3H3,(H,23,28,31). The van der Waals surface area contributed by atoms with E-state index in [1.807, 2.05) is 13.8 Å². The molecule has 0 saturated heterocycles. The van der Waals surface area contributed by atoms with Crippen LogP contribution in [0, 0.1) is 0 Å². The number of nitrogen functional groups attached to an aromatic ring is 1. The van der Waals surface area contributed by atoms with Crippen LogP contribution in [0.25, 0.3) is 10.8 Å². The van der Waals surface area contributed by atoms with Gasteiger partial charge in [-0.25, -0.2) is 9.48 Å². The number of hydrogen-bond donors (Lipinski definition) is 2. The lowest BCUT2D eigenvalue weighted by molar-refractivity contribution is 0.0987. The number of carbonyl (C=O) groups is 1. The Kier molecular flexibility index (Phi) is 6.38. The molecule has 10 nitrogen and oxygen atoms in total. The van der Waals surface area contributed by atoms with Crippen LogP contribution in [-0.2, 0) is 13.1 Å². The van der Waals surface area contributed by atoms with Crippen molar-refractivity contribution in [2.45, 2.75) is 46.2 Å². The van der Waals surface area contributed by atoms with Crippen molar-refractivity contribution >= 4 is 28.2 Å². The number of aryl methyl sites for hydroxylation is 1. The van der Waals surface area contributed by atoms with Crippen LogP contribution in [0.3, 0.4) is 0 Å². The van der Waals surface area contributed by atoms with E-state index in [-0.39, 0.29) is 22.8 Å². The number of aromatic nitrogens is 4. The molecule has 1 amide bonds. The van der Waals surface area contributed by atoms with E-state index < -0.39 is 17.2 Å².